The van der Waals surface area contributed by atoms with Gasteiger partial charge in [-0.2, -0.15) is 0 Å². The minimum Gasteiger partial charge on any atom is -0.481 e. The van der Waals surface area contributed by atoms with Gasteiger partial charge in [0.05, 0.1) is 6.54 Å². The fourth-order valence-corrected chi connectivity index (χ4v) is 6.77. The number of esters is 1. The average Bonchev–Trinajstić information content (AvgIpc) is 3.42. The summed E-state index contributed by atoms with van der Waals surface area (Å²) in [5.41, 5.74) is 1.20. The van der Waals surface area contributed by atoms with Crippen LogP contribution in [-0.4, -0.2) is 87.3 Å². The highest BCUT2D eigenvalue weighted by atomic mass is 16.6. The molecule has 2 aliphatic heterocycles. The number of aliphatic carboxylic acids is 3. The van der Waals surface area contributed by atoms with Crippen LogP contribution in [0.3, 0.4) is 0 Å². The Morgan fingerprint density at radius 1 is 0.816 bits per heavy atom. The van der Waals surface area contributed by atoms with E-state index in [1.54, 1.807) is 0 Å². The number of carboxylic acid groups (broad SMARTS) is 3. The summed E-state index contributed by atoms with van der Waals surface area (Å²) in [6, 6.07) is 2.39. The van der Waals surface area contributed by atoms with Crippen molar-refractivity contribution in [3.05, 3.63) is 30.1 Å². The van der Waals surface area contributed by atoms with Gasteiger partial charge in [-0.05, 0) is 51.0 Å². The van der Waals surface area contributed by atoms with E-state index in [4.69, 9.17) is 14.9 Å². The van der Waals surface area contributed by atoms with Crippen molar-refractivity contribution in [3.63, 3.8) is 0 Å². The van der Waals surface area contributed by atoms with Gasteiger partial charge in [-0.3, -0.25) is 9.59 Å². The van der Waals surface area contributed by atoms with Crippen molar-refractivity contribution < 1.29 is 57.9 Å². The summed E-state index contributed by atoms with van der Waals surface area (Å²) < 4.78 is 8.61. The van der Waals surface area contributed by atoms with E-state index in [2.05, 4.69) is 26.6 Å². The highest BCUT2D eigenvalue weighted by molar-refractivity contribution is 5.86. The SMILES string of the molecule is CC12OC(=O)C[N+]1(CCCCCCCCCCCC(=O)NCCCCC(NC(=O)NC(CCC(=O)O)C(=O)O)C(=O)O)Cc1cccc[n+]12. The number of pyridine rings is 1. The third kappa shape index (κ3) is 11.7. The molecule has 272 valence electrons. The van der Waals surface area contributed by atoms with Crippen LogP contribution in [0.5, 0.6) is 0 Å². The van der Waals surface area contributed by atoms with E-state index in [0.717, 1.165) is 64.5 Å². The van der Waals surface area contributed by atoms with Gasteiger partial charge in [-0.1, -0.05) is 38.5 Å². The molecule has 0 radical (unpaired) electrons. The molecule has 3 heterocycles. The van der Waals surface area contributed by atoms with Gasteiger partial charge in [0.15, 0.2) is 19.3 Å². The molecule has 15 nitrogen and oxygen atoms in total. The van der Waals surface area contributed by atoms with Crippen LogP contribution in [0.25, 0.3) is 0 Å². The summed E-state index contributed by atoms with van der Waals surface area (Å²) in [6.07, 6.45) is 12.3. The normalized spacial score (nSPS) is 20.4. The van der Waals surface area contributed by atoms with Gasteiger partial charge < -0.3 is 36.0 Å². The molecule has 6 N–H and O–H groups in total. The van der Waals surface area contributed by atoms with Gasteiger partial charge in [0.2, 0.25) is 11.6 Å². The lowest BCUT2D eigenvalue weighted by molar-refractivity contribution is -1.10. The third-order valence-corrected chi connectivity index (χ3v) is 9.56. The summed E-state index contributed by atoms with van der Waals surface area (Å²) in [7, 11) is 0. The Hall–Kier alpha value is -4.27. The number of carbonyl (C=O) groups is 6. The molecule has 0 aliphatic carbocycles. The number of rotatable bonds is 24. The molecule has 1 aromatic rings. The van der Waals surface area contributed by atoms with E-state index in [1.165, 1.54) is 12.1 Å². The monoisotopic (exact) mass is 691 g/mol. The van der Waals surface area contributed by atoms with E-state index in [9.17, 15) is 33.9 Å². The molecule has 0 aromatic carbocycles. The zero-order valence-corrected chi connectivity index (χ0v) is 28.5. The van der Waals surface area contributed by atoms with Crippen molar-refractivity contribution in [2.45, 2.75) is 128 Å². The molecule has 4 unspecified atom stereocenters. The molecule has 0 spiro atoms. The highest BCUT2D eigenvalue weighted by Gasteiger charge is 2.70. The van der Waals surface area contributed by atoms with Crippen molar-refractivity contribution in [2.24, 2.45) is 0 Å². The van der Waals surface area contributed by atoms with Gasteiger partial charge in [0.25, 0.3) is 0 Å². The van der Waals surface area contributed by atoms with E-state index >= 15 is 0 Å². The molecule has 1 aromatic heterocycles. The molecule has 1 saturated heterocycles. The standard InChI is InChI=1S/C34H51N5O10/c1-34-38-21-13-11-15-25(38)23-39(34,24-30(43)49-34)22-14-8-6-4-2-3-5-7-9-17-28(40)35-20-12-10-16-26(31(44)45)36-33(48)37-27(32(46)47)18-19-29(41)42/h11,13,15,21,26-27H,2-10,12,14,16-20,22-24H2,1H3,(H4-2,35,36,37,40,41,42,44,45,46,47,48)/p+2. The zero-order valence-electron chi connectivity index (χ0n) is 28.5. The summed E-state index contributed by atoms with van der Waals surface area (Å²) in [5, 5.41) is 34.4. The minimum absolute atomic E-state index is 0.0551. The number of fused-ring (bicyclic) bond motifs is 3. The quantitative estimate of drug-likeness (QED) is 0.0404. The number of quaternary nitrogens is 1. The number of nitrogens with one attached hydrogen (secondary N) is 3. The smallest absolute Gasteiger partial charge is 0.453 e. The highest BCUT2D eigenvalue weighted by Crippen LogP contribution is 2.40. The molecule has 0 saturated carbocycles. The predicted molar refractivity (Wildman–Crippen MR) is 174 cm³/mol. The number of unbranched alkanes of at least 4 members (excludes halogenated alkanes) is 9. The van der Waals surface area contributed by atoms with Crippen molar-refractivity contribution >= 4 is 35.8 Å². The first kappa shape index (κ1) is 39.2. The van der Waals surface area contributed by atoms with Crippen LogP contribution in [0, 0.1) is 0 Å². The Morgan fingerprint density at radius 3 is 2.06 bits per heavy atom. The maximum atomic E-state index is 12.3. The van der Waals surface area contributed by atoms with Crippen molar-refractivity contribution in [1.82, 2.24) is 16.0 Å². The van der Waals surface area contributed by atoms with Crippen LogP contribution in [0.15, 0.2) is 24.4 Å². The van der Waals surface area contributed by atoms with Crippen LogP contribution < -0.4 is 20.5 Å². The van der Waals surface area contributed by atoms with E-state index < -0.39 is 48.3 Å². The van der Waals surface area contributed by atoms with E-state index in [0.29, 0.717) is 36.8 Å². The topological polar surface area (TPSA) is 212 Å². The van der Waals surface area contributed by atoms with Gasteiger partial charge >= 0.3 is 35.8 Å². The number of carboxylic acids is 3. The summed E-state index contributed by atoms with van der Waals surface area (Å²) in [6.45, 7) is 4.56. The van der Waals surface area contributed by atoms with Crippen LogP contribution in [0.1, 0.15) is 109 Å². The molecule has 3 amide bonds. The van der Waals surface area contributed by atoms with Crippen molar-refractivity contribution in [3.8, 4) is 0 Å². The summed E-state index contributed by atoms with van der Waals surface area (Å²) in [4.78, 5) is 69.9. The molecule has 1 fully saturated rings. The van der Waals surface area contributed by atoms with Crippen LogP contribution in [0.2, 0.25) is 0 Å². The van der Waals surface area contributed by atoms with E-state index in [-0.39, 0.29) is 24.7 Å². The first-order valence-electron chi connectivity index (χ1n) is 17.5. The lowest BCUT2D eigenvalue weighted by Crippen LogP contribution is -2.65. The van der Waals surface area contributed by atoms with Crippen LogP contribution in [0.4, 0.5) is 4.79 Å². The fraction of sp³-hybridized carbons (Fsp3) is 0.676. The number of urea groups is 1. The van der Waals surface area contributed by atoms with Crippen molar-refractivity contribution in [1.29, 1.82) is 0 Å². The predicted octanol–water partition coefficient (Wildman–Crippen LogP) is 2.75. The molecular weight excluding hydrogens is 638 g/mol. The Balaban J connectivity index is 1.17. The number of carbonyl (C=O) groups excluding carboxylic acids is 3. The van der Waals surface area contributed by atoms with E-state index in [1.807, 2.05) is 25.3 Å². The number of aromatic nitrogens is 1. The zero-order chi connectivity index (χ0) is 35.9. The first-order chi connectivity index (χ1) is 23.4. The largest absolute Gasteiger partial charge is 0.481 e. The van der Waals surface area contributed by atoms with Gasteiger partial charge in [0.1, 0.15) is 19.0 Å². The Morgan fingerprint density at radius 2 is 1.43 bits per heavy atom. The second-order valence-corrected chi connectivity index (χ2v) is 13.3. The van der Waals surface area contributed by atoms with Crippen LogP contribution in [-0.2, 0) is 41.1 Å². The number of hydrogen-bond donors (Lipinski definition) is 6. The van der Waals surface area contributed by atoms with Gasteiger partial charge in [-0.15, -0.1) is 4.57 Å². The Labute approximate surface area is 287 Å². The van der Waals surface area contributed by atoms with Crippen molar-refractivity contribution in [2.75, 3.05) is 19.6 Å². The first-order valence-corrected chi connectivity index (χ1v) is 17.5. The average molecular weight is 692 g/mol. The van der Waals surface area contributed by atoms with Gasteiger partial charge in [0, 0.05) is 31.5 Å². The summed E-state index contributed by atoms with van der Waals surface area (Å²) >= 11 is 0. The molecule has 4 atom stereocenters. The number of hydrogen-bond acceptors (Lipinski definition) is 7. The maximum Gasteiger partial charge on any atom is 0.453 e. The molecule has 15 heteroatoms. The second kappa shape index (κ2) is 19.1. The van der Waals surface area contributed by atoms with Gasteiger partial charge in [-0.25, -0.2) is 23.7 Å². The lowest BCUT2D eigenvalue weighted by Gasteiger charge is -2.32. The van der Waals surface area contributed by atoms with Crippen LogP contribution >= 0.6 is 0 Å². The number of ether oxygens (including phenoxy) is 1. The number of nitrogens with zero attached hydrogens (tertiary/aromatic N) is 2. The summed E-state index contributed by atoms with van der Waals surface area (Å²) in [5.74, 6) is -4.76. The second-order valence-electron chi connectivity index (χ2n) is 13.3. The molecular formula is C34H53N5O10+2. The minimum atomic E-state index is -1.46. The third-order valence-electron chi connectivity index (χ3n) is 9.56. The molecule has 2 aliphatic rings. The number of amides is 3. The molecule has 0 bridgehead atoms. The molecule has 49 heavy (non-hydrogen) atoms. The molecule has 3 rings (SSSR count). The maximum absolute atomic E-state index is 12.3. The lowest BCUT2D eigenvalue weighted by atomic mass is 10.1. The Bertz CT molecular complexity index is 1330. The Kier molecular flexibility index (Phi) is 15.2. The fourth-order valence-electron chi connectivity index (χ4n) is 6.77.